The van der Waals surface area contributed by atoms with Gasteiger partial charge in [0.1, 0.15) is 5.67 Å². The zero-order chi connectivity index (χ0) is 12.6. The maximum atomic E-state index is 14.7. The van der Waals surface area contributed by atoms with Crippen LogP contribution in [0.15, 0.2) is 18.2 Å². The number of benzene rings is 1. The maximum Gasteiger partial charge on any atom is 0.115 e. The van der Waals surface area contributed by atoms with E-state index in [2.05, 4.69) is 18.2 Å². The molecule has 2 aliphatic rings. The van der Waals surface area contributed by atoms with Crippen LogP contribution in [0.1, 0.15) is 48.8 Å². The smallest absolute Gasteiger partial charge is 0.115 e. The first kappa shape index (κ1) is 12.2. The molecule has 0 amide bonds. The molecule has 0 bridgehead atoms. The third-order valence-corrected chi connectivity index (χ3v) is 4.61. The molecule has 1 fully saturated rings. The number of alkyl halides is 1. The zero-order valence-corrected chi connectivity index (χ0v) is 10.9. The van der Waals surface area contributed by atoms with E-state index < -0.39 is 5.67 Å². The van der Waals surface area contributed by atoms with Crippen molar-refractivity contribution in [2.45, 2.75) is 63.1 Å². The summed E-state index contributed by atoms with van der Waals surface area (Å²) in [6.07, 6.45) is 7.14. The van der Waals surface area contributed by atoms with Gasteiger partial charge in [0.15, 0.2) is 0 Å². The molecule has 0 heterocycles. The van der Waals surface area contributed by atoms with Gasteiger partial charge >= 0.3 is 0 Å². The van der Waals surface area contributed by atoms with Crippen LogP contribution in [-0.4, -0.2) is 11.7 Å². The number of hydrogen-bond acceptors (Lipinski definition) is 1. The Kier molecular flexibility index (Phi) is 3.14. The zero-order valence-electron chi connectivity index (χ0n) is 10.9. The second kappa shape index (κ2) is 4.65. The highest BCUT2D eigenvalue weighted by Gasteiger charge is 2.34. The van der Waals surface area contributed by atoms with Crippen LogP contribution in [-0.2, 0) is 19.3 Å². The summed E-state index contributed by atoms with van der Waals surface area (Å²) in [6, 6.07) is 6.78. The van der Waals surface area contributed by atoms with Gasteiger partial charge < -0.3 is 5.73 Å². The molecular weight excluding hydrogens is 225 g/mol. The minimum Gasteiger partial charge on any atom is -0.328 e. The Morgan fingerprint density at radius 3 is 2.67 bits per heavy atom. The lowest BCUT2D eigenvalue weighted by Gasteiger charge is -2.32. The van der Waals surface area contributed by atoms with Crippen molar-refractivity contribution in [3.63, 3.8) is 0 Å². The number of halogens is 1. The fourth-order valence-corrected chi connectivity index (χ4v) is 3.44. The second-order valence-electron chi connectivity index (χ2n) is 6.12. The van der Waals surface area contributed by atoms with Crippen LogP contribution in [0.25, 0.3) is 0 Å². The van der Waals surface area contributed by atoms with Gasteiger partial charge in [-0.2, -0.15) is 0 Å². The molecule has 0 aliphatic heterocycles. The fourth-order valence-electron chi connectivity index (χ4n) is 3.44. The highest BCUT2D eigenvalue weighted by Crippen LogP contribution is 2.35. The first-order valence-electron chi connectivity index (χ1n) is 7.20. The summed E-state index contributed by atoms with van der Waals surface area (Å²) in [5.41, 5.74) is 8.94. The number of nitrogens with two attached hydrogens (primary N) is 1. The molecule has 2 N–H and O–H groups in total. The minimum absolute atomic E-state index is 0.217. The summed E-state index contributed by atoms with van der Waals surface area (Å²) in [4.78, 5) is 0. The summed E-state index contributed by atoms with van der Waals surface area (Å²) < 4.78 is 14.7. The molecule has 2 heteroatoms. The molecule has 3 rings (SSSR count). The molecule has 0 unspecified atom stereocenters. The van der Waals surface area contributed by atoms with E-state index in [0.717, 1.165) is 12.8 Å². The first-order chi connectivity index (χ1) is 8.65. The van der Waals surface area contributed by atoms with Crippen LogP contribution in [0.4, 0.5) is 4.39 Å². The summed E-state index contributed by atoms with van der Waals surface area (Å²) in [5.74, 6) is 0. The largest absolute Gasteiger partial charge is 0.328 e. The Morgan fingerprint density at radius 1 is 1.17 bits per heavy atom. The van der Waals surface area contributed by atoms with Crippen molar-refractivity contribution in [1.82, 2.24) is 0 Å². The Morgan fingerprint density at radius 2 is 1.89 bits per heavy atom. The van der Waals surface area contributed by atoms with E-state index in [1.165, 1.54) is 36.0 Å². The van der Waals surface area contributed by atoms with Gasteiger partial charge in [-0.3, -0.25) is 0 Å². The molecule has 2 aliphatic carbocycles. The molecule has 0 spiro atoms. The van der Waals surface area contributed by atoms with Crippen molar-refractivity contribution in [2.24, 2.45) is 5.73 Å². The van der Waals surface area contributed by atoms with Crippen LogP contribution in [0.2, 0.25) is 0 Å². The molecule has 0 atom stereocenters. The Labute approximate surface area is 109 Å². The lowest BCUT2D eigenvalue weighted by molar-refractivity contribution is 0.0995. The van der Waals surface area contributed by atoms with E-state index in [-0.39, 0.29) is 6.04 Å². The van der Waals surface area contributed by atoms with Crippen molar-refractivity contribution >= 4 is 0 Å². The molecule has 18 heavy (non-hydrogen) atoms. The summed E-state index contributed by atoms with van der Waals surface area (Å²) in [5, 5.41) is 0. The number of aryl methyl sites for hydroxylation is 2. The predicted octanol–water partition coefficient (Wildman–Crippen LogP) is 3.33. The van der Waals surface area contributed by atoms with Gasteiger partial charge in [0, 0.05) is 12.5 Å². The van der Waals surface area contributed by atoms with Gasteiger partial charge in [-0.1, -0.05) is 18.2 Å². The fraction of sp³-hybridized carbons (Fsp3) is 0.625. The Hall–Kier alpha value is -0.890. The second-order valence-corrected chi connectivity index (χ2v) is 6.12. The number of hydrogen-bond donors (Lipinski definition) is 1. The van der Waals surface area contributed by atoms with Crippen LogP contribution in [0.3, 0.4) is 0 Å². The van der Waals surface area contributed by atoms with Crippen molar-refractivity contribution in [3.8, 4) is 0 Å². The standard InChI is InChI=1S/C16H22FN/c17-16(8-6-15(18)7-9-16)11-12-4-5-13-2-1-3-14(13)10-12/h4-5,10,15H,1-3,6-9,11,18H2. The van der Waals surface area contributed by atoms with Gasteiger partial charge in [-0.15, -0.1) is 0 Å². The predicted molar refractivity (Wildman–Crippen MR) is 72.5 cm³/mol. The normalized spacial score (nSPS) is 31.3. The molecule has 0 aromatic heterocycles. The average Bonchev–Trinajstić information content (AvgIpc) is 2.81. The third kappa shape index (κ3) is 2.44. The number of rotatable bonds is 2. The van der Waals surface area contributed by atoms with Gasteiger partial charge in [-0.25, -0.2) is 4.39 Å². The van der Waals surface area contributed by atoms with E-state index in [1.807, 2.05) is 0 Å². The van der Waals surface area contributed by atoms with Gasteiger partial charge in [-0.05, 0) is 61.6 Å². The summed E-state index contributed by atoms with van der Waals surface area (Å²) in [7, 11) is 0. The summed E-state index contributed by atoms with van der Waals surface area (Å²) >= 11 is 0. The lowest BCUT2D eigenvalue weighted by Crippen LogP contribution is -2.37. The van der Waals surface area contributed by atoms with Crippen LogP contribution in [0, 0.1) is 0 Å². The average molecular weight is 247 g/mol. The molecule has 98 valence electrons. The van der Waals surface area contributed by atoms with Crippen LogP contribution in [0.5, 0.6) is 0 Å². The van der Waals surface area contributed by atoms with Gasteiger partial charge in [0.2, 0.25) is 0 Å². The van der Waals surface area contributed by atoms with Gasteiger partial charge in [0.25, 0.3) is 0 Å². The Bertz CT molecular complexity index is 433. The molecule has 0 radical (unpaired) electrons. The molecule has 0 saturated heterocycles. The van der Waals surface area contributed by atoms with E-state index in [4.69, 9.17) is 5.73 Å². The maximum absolute atomic E-state index is 14.7. The minimum atomic E-state index is -1.01. The molecule has 1 nitrogen and oxygen atoms in total. The highest BCUT2D eigenvalue weighted by atomic mass is 19.1. The van der Waals surface area contributed by atoms with E-state index in [0.29, 0.717) is 19.3 Å². The Balaban J connectivity index is 1.72. The SMILES string of the molecule is NC1CCC(F)(Cc2ccc3c(c2)CCC3)CC1. The molecule has 1 saturated carbocycles. The van der Waals surface area contributed by atoms with Crippen molar-refractivity contribution in [3.05, 3.63) is 34.9 Å². The van der Waals surface area contributed by atoms with Crippen molar-refractivity contribution < 1.29 is 4.39 Å². The monoisotopic (exact) mass is 247 g/mol. The van der Waals surface area contributed by atoms with Crippen LogP contribution < -0.4 is 5.73 Å². The summed E-state index contributed by atoms with van der Waals surface area (Å²) in [6.45, 7) is 0. The van der Waals surface area contributed by atoms with E-state index in [9.17, 15) is 4.39 Å². The van der Waals surface area contributed by atoms with E-state index in [1.54, 1.807) is 0 Å². The first-order valence-corrected chi connectivity index (χ1v) is 7.20. The van der Waals surface area contributed by atoms with Crippen molar-refractivity contribution in [2.75, 3.05) is 0 Å². The lowest BCUT2D eigenvalue weighted by atomic mass is 9.80. The molecular formula is C16H22FN. The van der Waals surface area contributed by atoms with E-state index >= 15 is 0 Å². The van der Waals surface area contributed by atoms with Crippen molar-refractivity contribution in [1.29, 1.82) is 0 Å². The van der Waals surface area contributed by atoms with Crippen LogP contribution >= 0.6 is 0 Å². The molecule has 1 aromatic carbocycles. The topological polar surface area (TPSA) is 26.0 Å². The third-order valence-electron chi connectivity index (χ3n) is 4.61. The highest BCUT2D eigenvalue weighted by molar-refractivity contribution is 5.35. The quantitative estimate of drug-likeness (QED) is 0.852. The van der Waals surface area contributed by atoms with Gasteiger partial charge in [0.05, 0.1) is 0 Å². The number of fused-ring (bicyclic) bond motifs is 1. The molecule has 1 aromatic rings.